The number of rotatable bonds is 14. The number of carbonyl (C=O) groups is 2. The molecule has 0 aromatic rings. The van der Waals surface area contributed by atoms with Gasteiger partial charge in [-0.2, -0.15) is 0 Å². The van der Waals surface area contributed by atoms with Gasteiger partial charge in [0, 0.05) is 13.8 Å². The summed E-state index contributed by atoms with van der Waals surface area (Å²) in [5, 5.41) is 152. The van der Waals surface area contributed by atoms with Gasteiger partial charge in [0.1, 0.15) is 116 Å². The molecule has 0 aromatic carbocycles. The van der Waals surface area contributed by atoms with Gasteiger partial charge >= 0.3 is 0 Å². The van der Waals surface area contributed by atoms with Crippen LogP contribution in [-0.4, -0.2) is 264 Å². The average Bonchev–Trinajstić information content (AvgIpc) is 3.21. The van der Waals surface area contributed by atoms with Crippen LogP contribution in [0.5, 0.6) is 0 Å². The third-order valence-electron chi connectivity index (χ3n) is 10.7. The Kier molecular flexibility index (Phi) is 17.3. The van der Waals surface area contributed by atoms with Crippen molar-refractivity contribution in [3.63, 3.8) is 0 Å². The first-order chi connectivity index (χ1) is 28.3. The summed E-state index contributed by atoms with van der Waals surface area (Å²) in [6.45, 7) is -1.71. The molecule has 5 aliphatic rings. The van der Waals surface area contributed by atoms with E-state index in [0.717, 1.165) is 13.8 Å². The van der Waals surface area contributed by atoms with Crippen LogP contribution in [-0.2, 0) is 52.2 Å². The van der Waals surface area contributed by atoms with E-state index in [4.69, 9.17) is 42.6 Å². The Morgan fingerprint density at radius 3 is 1.47 bits per heavy atom. The van der Waals surface area contributed by atoms with Gasteiger partial charge in [-0.15, -0.1) is 0 Å². The highest BCUT2D eigenvalue weighted by molar-refractivity contribution is 5.73. The molecule has 5 heterocycles. The van der Waals surface area contributed by atoms with Crippen molar-refractivity contribution in [1.29, 1.82) is 0 Å². The molecule has 27 heteroatoms. The maximum Gasteiger partial charge on any atom is 0.217 e. The molecule has 2 amide bonds. The number of amides is 2. The van der Waals surface area contributed by atoms with Crippen molar-refractivity contribution in [3.05, 3.63) is 0 Å². The average molecular weight is 881 g/mol. The molecule has 27 nitrogen and oxygen atoms in total. The Morgan fingerprint density at radius 2 is 0.933 bits per heavy atom. The van der Waals surface area contributed by atoms with Gasteiger partial charge in [-0.25, -0.2) is 0 Å². The highest BCUT2D eigenvalue weighted by atomic mass is 16.8. The van der Waals surface area contributed by atoms with Crippen LogP contribution in [0.3, 0.4) is 0 Å². The number of nitrogens with one attached hydrogen (secondary N) is 2. The molecular weight excluding hydrogens is 824 g/mol. The third-order valence-corrected chi connectivity index (χ3v) is 10.7. The lowest BCUT2D eigenvalue weighted by molar-refractivity contribution is -0.375. The molecule has 0 spiro atoms. The number of hydrogen-bond donors (Lipinski definition) is 16. The summed E-state index contributed by atoms with van der Waals surface area (Å²) in [6, 6.07) is -3.06. The van der Waals surface area contributed by atoms with Crippen molar-refractivity contribution in [2.45, 2.75) is 161 Å². The molecule has 16 N–H and O–H groups in total. The first kappa shape index (κ1) is 49.0. The number of ether oxygens (including phenoxy) is 9. The second-order valence-corrected chi connectivity index (χ2v) is 15.0. The Morgan fingerprint density at radius 1 is 0.500 bits per heavy atom. The van der Waals surface area contributed by atoms with E-state index in [-0.39, 0.29) is 0 Å². The number of carbonyl (C=O) groups excluding carboxylic acids is 2. The Balaban J connectivity index is 1.33. The van der Waals surface area contributed by atoms with Crippen LogP contribution in [0.4, 0.5) is 0 Å². The summed E-state index contributed by atoms with van der Waals surface area (Å²) in [5.74, 6) is -1.43. The zero-order valence-electron chi connectivity index (χ0n) is 32.1. The van der Waals surface area contributed by atoms with Crippen LogP contribution in [0.15, 0.2) is 0 Å². The van der Waals surface area contributed by atoms with E-state index in [1.54, 1.807) is 0 Å². The minimum Gasteiger partial charge on any atom is -0.394 e. The number of aliphatic hydroxyl groups excluding tert-OH is 14. The van der Waals surface area contributed by atoms with E-state index in [1.807, 2.05) is 0 Å². The van der Waals surface area contributed by atoms with Gasteiger partial charge in [0.15, 0.2) is 31.5 Å². The fourth-order valence-electron chi connectivity index (χ4n) is 7.38. The molecule has 5 saturated heterocycles. The maximum absolute atomic E-state index is 12.2. The Labute approximate surface area is 340 Å². The summed E-state index contributed by atoms with van der Waals surface area (Å²) < 4.78 is 50.7. The molecule has 0 unspecified atom stereocenters. The van der Waals surface area contributed by atoms with E-state index in [9.17, 15) is 81.1 Å². The van der Waals surface area contributed by atoms with Crippen molar-refractivity contribution < 1.29 is 124 Å². The lowest BCUT2D eigenvalue weighted by Crippen LogP contribution is -2.68. The minimum absolute atomic E-state index is 0.557. The molecule has 0 aliphatic carbocycles. The summed E-state index contributed by atoms with van der Waals surface area (Å²) in [6.07, 6.45) is -38.9. The minimum atomic E-state index is -1.98. The van der Waals surface area contributed by atoms with Crippen LogP contribution in [0, 0.1) is 0 Å². The van der Waals surface area contributed by atoms with Gasteiger partial charge < -0.3 is 125 Å². The number of hydrogen-bond acceptors (Lipinski definition) is 25. The standard InChI is InChI=1S/C33H56N2O25/c1-8(39)34-15-22(46)17(41)10(3-36)54-30(15)58-14-6-52-29(51)27(21(14)45)59-31-16(35-9(2)40)23(47)20(44)13(57-31)7-53-33-28(25(49)19(43)12(5-38)56-33)60-32-26(50)24(48)18(42)11(4-37)55-32/h10-33,36-38,41-51H,3-7H2,1-2H3,(H,34,39)(H,35,40)/t10-,11-,12-,13-,14-,15-,16-,17+,18-,19-,20-,21+,22-,23-,24+,25+,26-,27-,28-,29-,30+,31+,32+,33-/m1/s1. The molecule has 0 bridgehead atoms. The molecule has 0 aromatic heterocycles. The van der Waals surface area contributed by atoms with Gasteiger partial charge in [0.2, 0.25) is 11.8 Å². The topological polar surface area (TPSA) is 424 Å². The van der Waals surface area contributed by atoms with Crippen molar-refractivity contribution >= 4 is 11.8 Å². The van der Waals surface area contributed by atoms with Gasteiger partial charge in [-0.3, -0.25) is 9.59 Å². The van der Waals surface area contributed by atoms with Gasteiger partial charge in [-0.1, -0.05) is 0 Å². The largest absolute Gasteiger partial charge is 0.394 e. The predicted octanol–water partition coefficient (Wildman–Crippen LogP) is -11.0. The summed E-state index contributed by atoms with van der Waals surface area (Å²) >= 11 is 0. The third kappa shape index (κ3) is 10.7. The van der Waals surface area contributed by atoms with Crippen LogP contribution < -0.4 is 10.6 Å². The van der Waals surface area contributed by atoms with Gasteiger partial charge in [0.05, 0.1) is 33.0 Å². The highest BCUT2D eigenvalue weighted by Gasteiger charge is 2.54. The van der Waals surface area contributed by atoms with Gasteiger partial charge in [-0.05, 0) is 0 Å². The molecule has 0 radical (unpaired) electrons. The molecule has 5 fully saturated rings. The van der Waals surface area contributed by atoms with Crippen LogP contribution in [0.1, 0.15) is 13.8 Å². The quantitative estimate of drug-likeness (QED) is 0.0770. The molecule has 0 saturated carbocycles. The lowest BCUT2D eigenvalue weighted by Gasteiger charge is -2.48. The summed E-state index contributed by atoms with van der Waals surface area (Å²) in [5.41, 5.74) is 0. The van der Waals surface area contributed by atoms with E-state index in [1.165, 1.54) is 0 Å². The fraction of sp³-hybridized carbons (Fsp3) is 0.939. The Bertz CT molecular complexity index is 1390. The van der Waals surface area contributed by atoms with Gasteiger partial charge in [0.25, 0.3) is 0 Å². The van der Waals surface area contributed by atoms with E-state index in [2.05, 4.69) is 10.6 Å². The van der Waals surface area contributed by atoms with E-state index in [0.29, 0.717) is 0 Å². The molecule has 60 heavy (non-hydrogen) atoms. The zero-order chi connectivity index (χ0) is 44.3. The second kappa shape index (κ2) is 21.1. The molecule has 24 atom stereocenters. The van der Waals surface area contributed by atoms with E-state index < -0.39 is 192 Å². The monoisotopic (exact) mass is 880 g/mol. The summed E-state index contributed by atoms with van der Waals surface area (Å²) in [4.78, 5) is 24.1. The van der Waals surface area contributed by atoms with Crippen LogP contribution in [0.2, 0.25) is 0 Å². The molecule has 5 rings (SSSR count). The first-order valence-electron chi connectivity index (χ1n) is 19.0. The lowest BCUT2D eigenvalue weighted by atomic mass is 9.95. The molecule has 5 aliphatic heterocycles. The zero-order valence-corrected chi connectivity index (χ0v) is 32.1. The second-order valence-electron chi connectivity index (χ2n) is 15.0. The predicted molar refractivity (Wildman–Crippen MR) is 184 cm³/mol. The van der Waals surface area contributed by atoms with Crippen molar-refractivity contribution in [1.82, 2.24) is 10.6 Å². The van der Waals surface area contributed by atoms with Crippen molar-refractivity contribution in [2.24, 2.45) is 0 Å². The number of aliphatic hydroxyl groups is 14. The Hall–Kier alpha value is -1.98. The van der Waals surface area contributed by atoms with Crippen LogP contribution in [0.25, 0.3) is 0 Å². The fourth-order valence-corrected chi connectivity index (χ4v) is 7.38. The SMILES string of the molecule is CC(=O)N[C@H]1[C@H](O[C@@H]2CO[C@@H](O)[C@H](O[C@@H]3O[C@H](CO[C@@H]4O[C@H](CO)[C@@H](O)[C@H](O)[C@H]4O[C@@H]4O[C@H](CO)[C@@H](O)[C@H](O)[C@H]4O)[C@@H](O)[C@H](O)[C@H]3NC(C)=O)[C@H]2O)O[C@H](CO)[C@H](O)[C@@H]1O. The molecule has 348 valence electrons. The molecular formula is C33H56N2O25. The van der Waals surface area contributed by atoms with Crippen LogP contribution >= 0.6 is 0 Å². The van der Waals surface area contributed by atoms with E-state index >= 15 is 0 Å². The maximum atomic E-state index is 12.2. The normalized spacial score (nSPS) is 48.9. The summed E-state index contributed by atoms with van der Waals surface area (Å²) in [7, 11) is 0. The smallest absolute Gasteiger partial charge is 0.217 e. The van der Waals surface area contributed by atoms with Crippen molar-refractivity contribution in [3.8, 4) is 0 Å². The first-order valence-corrected chi connectivity index (χ1v) is 19.0. The van der Waals surface area contributed by atoms with Crippen molar-refractivity contribution in [2.75, 3.05) is 33.0 Å². The highest BCUT2D eigenvalue weighted by Crippen LogP contribution is 2.33.